The number of benzene rings is 1. The normalized spacial score (nSPS) is 12.8. The summed E-state index contributed by atoms with van der Waals surface area (Å²) < 4.78 is 18.5. The van der Waals surface area contributed by atoms with E-state index < -0.39 is 0 Å². The number of nitrogens with zero attached hydrogens (tertiary/aromatic N) is 3. The Morgan fingerprint density at radius 1 is 1.29 bits per heavy atom. The third-order valence-electron chi connectivity index (χ3n) is 3.26. The molecule has 6 heteroatoms. The van der Waals surface area contributed by atoms with E-state index in [9.17, 15) is 4.39 Å². The van der Waals surface area contributed by atoms with Crippen LogP contribution < -0.4 is 0 Å². The predicted molar refractivity (Wildman–Crippen MR) is 83.6 cm³/mol. The van der Waals surface area contributed by atoms with Crippen LogP contribution >= 0.6 is 11.8 Å². The van der Waals surface area contributed by atoms with Gasteiger partial charge in [-0.15, -0.1) is 10.2 Å². The van der Waals surface area contributed by atoms with Gasteiger partial charge in [0.15, 0.2) is 0 Å². The third kappa shape index (κ3) is 4.54. The first-order valence-electron chi connectivity index (χ1n) is 6.96. The number of aromatic nitrogens is 2. The van der Waals surface area contributed by atoms with Gasteiger partial charge in [-0.1, -0.05) is 6.92 Å². The van der Waals surface area contributed by atoms with Gasteiger partial charge >= 0.3 is 0 Å². The maximum atomic E-state index is 12.9. The Morgan fingerprint density at radius 3 is 2.67 bits per heavy atom. The van der Waals surface area contributed by atoms with Gasteiger partial charge in [-0.05, 0) is 44.0 Å². The second kappa shape index (κ2) is 7.56. The van der Waals surface area contributed by atoms with Crippen LogP contribution in [0.4, 0.5) is 4.39 Å². The summed E-state index contributed by atoms with van der Waals surface area (Å²) in [6.45, 7) is 4.95. The molecule has 21 heavy (non-hydrogen) atoms. The quantitative estimate of drug-likeness (QED) is 0.783. The molecule has 0 unspecified atom stereocenters. The van der Waals surface area contributed by atoms with Gasteiger partial charge in [0.05, 0.1) is 6.54 Å². The van der Waals surface area contributed by atoms with Crippen molar-refractivity contribution in [1.29, 1.82) is 0 Å². The van der Waals surface area contributed by atoms with Crippen molar-refractivity contribution in [3.8, 4) is 11.5 Å². The summed E-state index contributed by atoms with van der Waals surface area (Å²) in [5.41, 5.74) is 0.729. The molecule has 0 amide bonds. The number of rotatable bonds is 7. The molecule has 0 bridgehead atoms. The SMILES string of the molecule is CCSC[C@@H](C)N(C)Cc1nnc(-c2ccc(F)cc2)o1. The van der Waals surface area contributed by atoms with E-state index in [4.69, 9.17) is 4.42 Å². The summed E-state index contributed by atoms with van der Waals surface area (Å²) in [6.07, 6.45) is 0. The Bertz CT molecular complexity index is 558. The minimum absolute atomic E-state index is 0.277. The second-order valence-electron chi connectivity index (χ2n) is 4.93. The molecule has 114 valence electrons. The zero-order valence-electron chi connectivity index (χ0n) is 12.5. The van der Waals surface area contributed by atoms with Crippen molar-refractivity contribution in [2.75, 3.05) is 18.6 Å². The Kier molecular flexibility index (Phi) is 5.76. The smallest absolute Gasteiger partial charge is 0.247 e. The molecule has 1 heterocycles. The van der Waals surface area contributed by atoms with Gasteiger partial charge in [0.1, 0.15) is 5.82 Å². The van der Waals surface area contributed by atoms with Crippen LogP contribution in [0.3, 0.4) is 0 Å². The Balaban J connectivity index is 1.98. The fourth-order valence-corrected chi connectivity index (χ4v) is 2.64. The highest BCUT2D eigenvalue weighted by Gasteiger charge is 2.14. The van der Waals surface area contributed by atoms with Crippen molar-refractivity contribution >= 4 is 11.8 Å². The van der Waals surface area contributed by atoms with Gasteiger partial charge in [0.2, 0.25) is 11.8 Å². The van der Waals surface area contributed by atoms with Gasteiger partial charge in [-0.2, -0.15) is 11.8 Å². The topological polar surface area (TPSA) is 42.2 Å². The van der Waals surface area contributed by atoms with Crippen molar-refractivity contribution in [1.82, 2.24) is 15.1 Å². The van der Waals surface area contributed by atoms with Gasteiger partial charge in [0, 0.05) is 17.4 Å². The average molecular weight is 309 g/mol. The van der Waals surface area contributed by atoms with Crippen molar-refractivity contribution in [2.24, 2.45) is 0 Å². The molecule has 1 aromatic heterocycles. The van der Waals surface area contributed by atoms with E-state index in [0.29, 0.717) is 24.4 Å². The van der Waals surface area contributed by atoms with Crippen molar-refractivity contribution in [3.63, 3.8) is 0 Å². The molecule has 0 radical (unpaired) electrons. The lowest BCUT2D eigenvalue weighted by Crippen LogP contribution is -2.30. The summed E-state index contributed by atoms with van der Waals surface area (Å²) in [6, 6.07) is 6.48. The van der Waals surface area contributed by atoms with E-state index in [2.05, 4.69) is 28.9 Å². The van der Waals surface area contributed by atoms with E-state index in [1.165, 1.54) is 12.1 Å². The molecule has 0 aliphatic rings. The molecule has 1 atom stereocenters. The fraction of sp³-hybridized carbons (Fsp3) is 0.467. The zero-order chi connectivity index (χ0) is 15.2. The van der Waals surface area contributed by atoms with E-state index in [1.54, 1.807) is 12.1 Å². The summed E-state index contributed by atoms with van der Waals surface area (Å²) in [5, 5.41) is 8.08. The molecule has 2 aromatic rings. The van der Waals surface area contributed by atoms with Crippen molar-refractivity contribution < 1.29 is 8.81 Å². The lowest BCUT2D eigenvalue weighted by Gasteiger charge is -2.22. The lowest BCUT2D eigenvalue weighted by atomic mass is 10.2. The minimum atomic E-state index is -0.277. The van der Waals surface area contributed by atoms with Crippen LogP contribution in [0.5, 0.6) is 0 Å². The molecule has 0 aliphatic carbocycles. The van der Waals surface area contributed by atoms with Gasteiger partial charge < -0.3 is 4.42 Å². The number of hydrogen-bond acceptors (Lipinski definition) is 5. The predicted octanol–water partition coefficient (Wildman–Crippen LogP) is 3.45. The summed E-state index contributed by atoms with van der Waals surface area (Å²) in [5.74, 6) is 2.92. The summed E-state index contributed by atoms with van der Waals surface area (Å²) >= 11 is 1.91. The largest absolute Gasteiger partial charge is 0.419 e. The Morgan fingerprint density at radius 2 is 2.00 bits per heavy atom. The molecule has 0 aliphatic heterocycles. The molecule has 0 saturated carbocycles. The highest BCUT2D eigenvalue weighted by atomic mass is 32.2. The molecule has 0 saturated heterocycles. The van der Waals surface area contributed by atoms with Gasteiger partial charge in [-0.25, -0.2) is 4.39 Å². The average Bonchev–Trinajstić information content (AvgIpc) is 2.93. The molecule has 0 spiro atoms. The lowest BCUT2D eigenvalue weighted by molar-refractivity contribution is 0.243. The van der Waals surface area contributed by atoms with Crippen LogP contribution in [0.1, 0.15) is 19.7 Å². The summed E-state index contributed by atoms with van der Waals surface area (Å²) in [7, 11) is 2.04. The fourth-order valence-electron chi connectivity index (χ4n) is 1.81. The van der Waals surface area contributed by atoms with Crippen LogP contribution in [0.2, 0.25) is 0 Å². The maximum absolute atomic E-state index is 12.9. The first-order valence-corrected chi connectivity index (χ1v) is 8.12. The van der Waals surface area contributed by atoms with Gasteiger partial charge in [-0.3, -0.25) is 4.90 Å². The number of hydrogen-bond donors (Lipinski definition) is 0. The standard InChI is InChI=1S/C15H20FN3OS/c1-4-21-10-11(2)19(3)9-14-17-18-15(20-14)12-5-7-13(16)8-6-12/h5-8,11H,4,9-10H2,1-3H3/t11-/m1/s1. The molecular weight excluding hydrogens is 289 g/mol. The van der Waals surface area contributed by atoms with E-state index >= 15 is 0 Å². The van der Waals surface area contributed by atoms with Crippen LogP contribution in [0.15, 0.2) is 28.7 Å². The van der Waals surface area contributed by atoms with Crippen molar-refractivity contribution in [2.45, 2.75) is 26.4 Å². The number of halogens is 1. The zero-order valence-corrected chi connectivity index (χ0v) is 13.4. The third-order valence-corrected chi connectivity index (χ3v) is 4.38. The molecule has 0 fully saturated rings. The summed E-state index contributed by atoms with van der Waals surface area (Å²) in [4.78, 5) is 2.19. The van der Waals surface area contributed by atoms with Crippen LogP contribution in [0, 0.1) is 5.82 Å². The van der Waals surface area contributed by atoms with Crippen LogP contribution in [-0.2, 0) is 6.54 Å². The van der Waals surface area contributed by atoms with E-state index in [1.807, 2.05) is 18.8 Å². The minimum Gasteiger partial charge on any atom is -0.419 e. The first-order chi connectivity index (χ1) is 10.1. The molecule has 0 N–H and O–H groups in total. The molecule has 2 rings (SSSR count). The van der Waals surface area contributed by atoms with Crippen LogP contribution in [0.25, 0.3) is 11.5 Å². The van der Waals surface area contributed by atoms with Crippen LogP contribution in [-0.4, -0.2) is 39.7 Å². The van der Waals surface area contributed by atoms with E-state index in [0.717, 1.165) is 17.1 Å². The van der Waals surface area contributed by atoms with E-state index in [-0.39, 0.29) is 5.82 Å². The first kappa shape index (κ1) is 16.0. The maximum Gasteiger partial charge on any atom is 0.247 e. The Labute approximate surface area is 128 Å². The van der Waals surface area contributed by atoms with Crippen molar-refractivity contribution in [3.05, 3.63) is 36.0 Å². The second-order valence-corrected chi connectivity index (χ2v) is 6.25. The molecular formula is C15H20FN3OS. The highest BCUT2D eigenvalue weighted by Crippen LogP contribution is 2.19. The monoisotopic (exact) mass is 309 g/mol. The number of thioether (sulfide) groups is 1. The molecule has 1 aromatic carbocycles. The van der Waals surface area contributed by atoms with Gasteiger partial charge in [0.25, 0.3) is 0 Å². The highest BCUT2D eigenvalue weighted by molar-refractivity contribution is 7.99. The molecule has 4 nitrogen and oxygen atoms in total. The Hall–Kier alpha value is -1.40.